The Kier molecular flexibility index (Phi) is 5.41. The second-order valence-electron chi connectivity index (χ2n) is 4.72. The summed E-state index contributed by atoms with van der Waals surface area (Å²) < 4.78 is 0. The first kappa shape index (κ1) is 16.3. The molecule has 0 aliphatic carbocycles. The monoisotopic (exact) mass is 336 g/mol. The minimum Gasteiger partial charge on any atom is -0.343 e. The summed E-state index contributed by atoms with van der Waals surface area (Å²) in [5.41, 5.74) is 1.99. The number of halogens is 2. The Morgan fingerprint density at radius 1 is 1.09 bits per heavy atom. The highest BCUT2D eigenvalue weighted by Gasteiger charge is 2.12. The minimum absolute atomic E-state index is 0.147. The standard InChI is InChI=1S/C16H14Cl2N2O2/c1-10-3-2-4-12(7-10)20-15(21)9-19-16(22)13-6-5-11(17)8-14(13)18/h2-8H,9H2,1H3,(H,19,22)(H,20,21). The lowest BCUT2D eigenvalue weighted by atomic mass is 10.2. The van der Waals surface area contributed by atoms with Crippen molar-refractivity contribution in [3.05, 3.63) is 63.6 Å². The molecular weight excluding hydrogens is 323 g/mol. The number of nitrogens with one attached hydrogen (secondary N) is 2. The lowest BCUT2D eigenvalue weighted by molar-refractivity contribution is -0.115. The van der Waals surface area contributed by atoms with Gasteiger partial charge in [-0.15, -0.1) is 0 Å². The predicted octanol–water partition coefficient (Wildman–Crippen LogP) is 3.67. The number of aryl methyl sites for hydroxylation is 1. The van der Waals surface area contributed by atoms with Crippen molar-refractivity contribution in [1.82, 2.24) is 5.32 Å². The maximum absolute atomic E-state index is 12.0. The number of rotatable bonds is 4. The summed E-state index contributed by atoms with van der Waals surface area (Å²) in [6.07, 6.45) is 0. The summed E-state index contributed by atoms with van der Waals surface area (Å²) in [4.78, 5) is 23.8. The van der Waals surface area contributed by atoms with Crippen LogP contribution in [0, 0.1) is 6.92 Å². The van der Waals surface area contributed by atoms with Crippen LogP contribution in [-0.2, 0) is 4.79 Å². The molecule has 2 amide bonds. The van der Waals surface area contributed by atoms with Gasteiger partial charge >= 0.3 is 0 Å². The van der Waals surface area contributed by atoms with Crippen molar-refractivity contribution in [2.24, 2.45) is 0 Å². The average Bonchev–Trinajstić information content (AvgIpc) is 2.45. The van der Waals surface area contributed by atoms with Gasteiger partial charge in [0.05, 0.1) is 17.1 Å². The van der Waals surface area contributed by atoms with E-state index in [1.807, 2.05) is 25.1 Å². The highest BCUT2D eigenvalue weighted by atomic mass is 35.5. The molecule has 0 saturated carbocycles. The van der Waals surface area contributed by atoms with E-state index >= 15 is 0 Å². The molecule has 0 aromatic heterocycles. The van der Waals surface area contributed by atoms with Gasteiger partial charge in [0.25, 0.3) is 5.91 Å². The van der Waals surface area contributed by atoms with E-state index in [9.17, 15) is 9.59 Å². The molecule has 2 rings (SSSR count). The minimum atomic E-state index is -0.430. The van der Waals surface area contributed by atoms with Crippen LogP contribution < -0.4 is 10.6 Å². The van der Waals surface area contributed by atoms with Gasteiger partial charge in [-0.05, 0) is 42.8 Å². The molecule has 2 aromatic carbocycles. The zero-order valence-corrected chi connectivity index (χ0v) is 13.3. The topological polar surface area (TPSA) is 58.2 Å². The number of benzene rings is 2. The lowest BCUT2D eigenvalue weighted by Gasteiger charge is -2.08. The van der Waals surface area contributed by atoms with Crippen LogP contribution in [0.3, 0.4) is 0 Å². The Labute approximate surface area is 138 Å². The first-order valence-corrected chi connectivity index (χ1v) is 7.31. The Bertz CT molecular complexity index is 717. The van der Waals surface area contributed by atoms with E-state index in [1.54, 1.807) is 12.1 Å². The fourth-order valence-electron chi connectivity index (χ4n) is 1.86. The molecule has 0 fully saturated rings. The molecule has 6 heteroatoms. The highest BCUT2D eigenvalue weighted by molar-refractivity contribution is 6.36. The largest absolute Gasteiger partial charge is 0.343 e. The van der Waals surface area contributed by atoms with Crippen LogP contribution in [-0.4, -0.2) is 18.4 Å². The molecule has 0 heterocycles. The summed E-state index contributed by atoms with van der Waals surface area (Å²) in [6.45, 7) is 1.78. The van der Waals surface area contributed by atoms with Crippen molar-refractivity contribution in [2.45, 2.75) is 6.92 Å². The molecule has 0 aliphatic rings. The van der Waals surface area contributed by atoms with E-state index in [4.69, 9.17) is 23.2 Å². The third kappa shape index (κ3) is 4.48. The molecule has 0 atom stereocenters. The number of amides is 2. The van der Waals surface area contributed by atoms with Crippen LogP contribution in [0.2, 0.25) is 10.0 Å². The van der Waals surface area contributed by atoms with Gasteiger partial charge in [0.2, 0.25) is 5.91 Å². The van der Waals surface area contributed by atoms with Crippen LogP contribution in [0.5, 0.6) is 0 Å². The zero-order chi connectivity index (χ0) is 16.1. The second-order valence-corrected chi connectivity index (χ2v) is 5.57. The van der Waals surface area contributed by atoms with Crippen molar-refractivity contribution < 1.29 is 9.59 Å². The van der Waals surface area contributed by atoms with Crippen LogP contribution in [0.15, 0.2) is 42.5 Å². The maximum Gasteiger partial charge on any atom is 0.253 e. The van der Waals surface area contributed by atoms with Crippen molar-refractivity contribution in [3.63, 3.8) is 0 Å². The van der Waals surface area contributed by atoms with Gasteiger partial charge in [-0.3, -0.25) is 9.59 Å². The number of anilines is 1. The van der Waals surface area contributed by atoms with E-state index in [-0.39, 0.29) is 23.0 Å². The lowest BCUT2D eigenvalue weighted by Crippen LogP contribution is -2.33. The Morgan fingerprint density at radius 3 is 2.55 bits per heavy atom. The first-order valence-electron chi connectivity index (χ1n) is 6.55. The van der Waals surface area contributed by atoms with Crippen LogP contribution in [0.25, 0.3) is 0 Å². The summed E-state index contributed by atoms with van der Waals surface area (Å²) in [5.74, 6) is -0.745. The first-order chi connectivity index (χ1) is 10.5. The van der Waals surface area contributed by atoms with Gasteiger partial charge in [-0.2, -0.15) is 0 Å². The van der Waals surface area contributed by atoms with E-state index in [2.05, 4.69) is 10.6 Å². The summed E-state index contributed by atoms with van der Waals surface area (Å²) in [6, 6.07) is 12.0. The zero-order valence-electron chi connectivity index (χ0n) is 11.8. The number of carbonyl (C=O) groups is 2. The third-order valence-corrected chi connectivity index (χ3v) is 3.43. The fourth-order valence-corrected chi connectivity index (χ4v) is 2.35. The summed E-state index contributed by atoms with van der Waals surface area (Å²) >= 11 is 11.7. The summed E-state index contributed by atoms with van der Waals surface area (Å²) in [7, 11) is 0. The van der Waals surface area contributed by atoms with Gasteiger partial charge in [0.1, 0.15) is 0 Å². The fraction of sp³-hybridized carbons (Fsp3) is 0.125. The molecule has 0 radical (unpaired) electrons. The Hall–Kier alpha value is -2.04. The van der Waals surface area contributed by atoms with Crippen LogP contribution in [0.4, 0.5) is 5.69 Å². The van der Waals surface area contributed by atoms with E-state index in [0.717, 1.165) is 5.56 Å². The van der Waals surface area contributed by atoms with E-state index in [0.29, 0.717) is 10.7 Å². The summed E-state index contributed by atoms with van der Waals surface area (Å²) in [5, 5.41) is 5.90. The quantitative estimate of drug-likeness (QED) is 0.894. The molecule has 22 heavy (non-hydrogen) atoms. The maximum atomic E-state index is 12.0. The number of hydrogen-bond donors (Lipinski definition) is 2. The van der Waals surface area contributed by atoms with Crippen molar-refractivity contribution in [3.8, 4) is 0 Å². The molecule has 0 aliphatic heterocycles. The number of hydrogen-bond acceptors (Lipinski definition) is 2. The molecule has 0 bridgehead atoms. The van der Waals surface area contributed by atoms with Gasteiger partial charge in [-0.25, -0.2) is 0 Å². The Balaban J connectivity index is 1.92. The third-order valence-electron chi connectivity index (χ3n) is 2.89. The van der Waals surface area contributed by atoms with Crippen LogP contribution >= 0.6 is 23.2 Å². The highest BCUT2D eigenvalue weighted by Crippen LogP contribution is 2.20. The molecule has 0 spiro atoms. The van der Waals surface area contributed by atoms with Crippen molar-refractivity contribution in [2.75, 3.05) is 11.9 Å². The van der Waals surface area contributed by atoms with E-state index < -0.39 is 5.91 Å². The SMILES string of the molecule is Cc1cccc(NC(=O)CNC(=O)c2ccc(Cl)cc2Cl)c1. The second kappa shape index (κ2) is 7.29. The molecule has 4 nitrogen and oxygen atoms in total. The van der Waals surface area contributed by atoms with Crippen LogP contribution in [0.1, 0.15) is 15.9 Å². The molecule has 0 saturated heterocycles. The number of carbonyl (C=O) groups excluding carboxylic acids is 2. The molecule has 2 aromatic rings. The normalized spacial score (nSPS) is 10.1. The average molecular weight is 337 g/mol. The van der Waals surface area contributed by atoms with Gasteiger partial charge in [0.15, 0.2) is 0 Å². The predicted molar refractivity (Wildman–Crippen MR) is 88.6 cm³/mol. The van der Waals surface area contributed by atoms with Crippen molar-refractivity contribution >= 4 is 40.7 Å². The van der Waals surface area contributed by atoms with E-state index in [1.165, 1.54) is 12.1 Å². The smallest absolute Gasteiger partial charge is 0.253 e. The Morgan fingerprint density at radius 2 is 1.86 bits per heavy atom. The van der Waals surface area contributed by atoms with Gasteiger partial charge in [0, 0.05) is 10.7 Å². The van der Waals surface area contributed by atoms with Gasteiger partial charge in [-0.1, -0.05) is 35.3 Å². The van der Waals surface area contributed by atoms with Gasteiger partial charge < -0.3 is 10.6 Å². The molecular formula is C16H14Cl2N2O2. The molecule has 2 N–H and O–H groups in total. The molecule has 114 valence electrons. The van der Waals surface area contributed by atoms with Crippen molar-refractivity contribution in [1.29, 1.82) is 0 Å². The molecule has 0 unspecified atom stereocenters.